The minimum atomic E-state index is -1.14. The first-order valence-corrected chi connectivity index (χ1v) is 14.5. The highest BCUT2D eigenvalue weighted by Gasteiger charge is 2.32. The van der Waals surface area contributed by atoms with Gasteiger partial charge >= 0.3 is 12.0 Å². The van der Waals surface area contributed by atoms with Crippen LogP contribution in [0.4, 0.5) is 4.79 Å². The maximum Gasteiger partial charge on any atom is 0.337 e. The van der Waals surface area contributed by atoms with E-state index in [1.165, 1.54) is 7.11 Å². The molecule has 2 atom stereocenters. The molecular formula is C33H38N4O8. The number of urea groups is 1. The van der Waals surface area contributed by atoms with Crippen LogP contribution < -0.4 is 35.0 Å². The van der Waals surface area contributed by atoms with Gasteiger partial charge in [-0.3, -0.25) is 5.43 Å². The van der Waals surface area contributed by atoms with Gasteiger partial charge < -0.3 is 39.4 Å². The predicted octanol–water partition coefficient (Wildman–Crippen LogP) is 4.18. The van der Waals surface area contributed by atoms with Gasteiger partial charge in [-0.25, -0.2) is 9.59 Å². The number of hydrazone groups is 1. The van der Waals surface area contributed by atoms with E-state index in [-0.39, 0.29) is 12.2 Å². The summed E-state index contributed by atoms with van der Waals surface area (Å²) in [6.07, 6.45) is 0.407. The number of carbonyl (C=O) groups is 2. The minimum absolute atomic E-state index is 0.149. The predicted molar refractivity (Wildman–Crippen MR) is 167 cm³/mol. The number of esters is 1. The normalized spacial score (nSPS) is 15.1. The van der Waals surface area contributed by atoms with Crippen LogP contribution in [0.1, 0.15) is 43.5 Å². The van der Waals surface area contributed by atoms with Crippen molar-refractivity contribution in [3.63, 3.8) is 0 Å². The third kappa shape index (κ3) is 8.89. The molecule has 0 radical (unpaired) electrons. The van der Waals surface area contributed by atoms with E-state index in [0.717, 1.165) is 11.1 Å². The summed E-state index contributed by atoms with van der Waals surface area (Å²) in [6, 6.07) is 19.1. The van der Waals surface area contributed by atoms with E-state index in [1.54, 1.807) is 37.4 Å². The third-order valence-corrected chi connectivity index (χ3v) is 6.61. The Balaban J connectivity index is 1.37. The number of methoxy groups -OCH3 is 1. The molecule has 0 saturated heterocycles. The van der Waals surface area contributed by atoms with Crippen LogP contribution >= 0.6 is 0 Å². The molecule has 1 heterocycles. The Morgan fingerprint density at radius 1 is 0.956 bits per heavy atom. The van der Waals surface area contributed by atoms with Crippen molar-refractivity contribution in [1.29, 1.82) is 0 Å². The summed E-state index contributed by atoms with van der Waals surface area (Å²) < 4.78 is 28.2. The second kappa shape index (κ2) is 16.0. The Morgan fingerprint density at radius 2 is 1.64 bits per heavy atom. The molecule has 2 amide bonds. The second-order valence-corrected chi connectivity index (χ2v) is 9.83. The summed E-state index contributed by atoms with van der Waals surface area (Å²) in [7, 11) is 1.28. The molecule has 1 aliphatic rings. The number of hydrogen-bond donors (Lipinski definition) is 4. The first-order chi connectivity index (χ1) is 21.8. The number of amides is 2. The number of hydrogen-bond acceptors (Lipinski definition) is 10. The average Bonchev–Trinajstić information content (AvgIpc) is 3.04. The molecule has 0 spiro atoms. The largest absolute Gasteiger partial charge is 0.490 e. The molecule has 0 saturated carbocycles. The van der Waals surface area contributed by atoms with Crippen LogP contribution in [0.2, 0.25) is 0 Å². The van der Waals surface area contributed by atoms with Crippen molar-refractivity contribution in [2.45, 2.75) is 39.6 Å². The van der Waals surface area contributed by atoms with E-state index in [9.17, 15) is 14.7 Å². The number of benzene rings is 3. The molecule has 0 aliphatic carbocycles. The van der Waals surface area contributed by atoms with Crippen molar-refractivity contribution in [3.8, 4) is 23.0 Å². The number of allylic oxidation sites excluding steroid dienone is 1. The van der Waals surface area contributed by atoms with Gasteiger partial charge in [0, 0.05) is 5.70 Å². The van der Waals surface area contributed by atoms with Gasteiger partial charge in [0.2, 0.25) is 0 Å². The molecule has 45 heavy (non-hydrogen) atoms. The number of aliphatic hydroxyl groups is 1. The number of carbonyl (C=O) groups excluding carboxylic acids is 2. The Kier molecular flexibility index (Phi) is 11.6. The SMILES string of the molecule is CCOc1cc(/C=N\N[C@H](O)COc2ccc([C@@H]3NC(=O)NC(C)=C3C(=O)OC)cc2OCC)ccc1OCc1ccccc1. The van der Waals surface area contributed by atoms with Gasteiger partial charge in [0.1, 0.15) is 13.2 Å². The molecule has 0 bridgehead atoms. The standard InChI is InChI=1S/C33H38N4O8/c1-5-42-27-16-23(12-14-25(27)44-19-22-10-8-7-9-11-22)18-34-37-29(38)20-45-26-15-13-24(17-28(26)43-6-2)31-30(32(39)41-4)21(3)35-33(40)36-31/h7-18,29,31,37-38H,5-6,19-20H2,1-4H3,(H2,35,36,40)/b34-18-/t29-,31+/m1/s1. The molecule has 3 aromatic carbocycles. The Morgan fingerprint density at radius 3 is 2.36 bits per heavy atom. The smallest absolute Gasteiger partial charge is 0.337 e. The van der Waals surface area contributed by atoms with Crippen molar-refractivity contribution < 1.29 is 38.4 Å². The molecule has 238 valence electrons. The summed E-state index contributed by atoms with van der Waals surface area (Å²) in [5.41, 5.74) is 5.68. The summed E-state index contributed by atoms with van der Waals surface area (Å²) in [4.78, 5) is 24.6. The zero-order valence-electron chi connectivity index (χ0n) is 25.7. The molecule has 0 aromatic heterocycles. The van der Waals surface area contributed by atoms with Gasteiger partial charge in [-0.15, -0.1) is 0 Å². The second-order valence-electron chi connectivity index (χ2n) is 9.83. The minimum Gasteiger partial charge on any atom is -0.490 e. The van der Waals surface area contributed by atoms with Crippen LogP contribution in [0, 0.1) is 0 Å². The van der Waals surface area contributed by atoms with E-state index in [0.29, 0.717) is 54.1 Å². The molecular weight excluding hydrogens is 580 g/mol. The van der Waals surface area contributed by atoms with Gasteiger partial charge in [-0.05, 0) is 67.8 Å². The Labute approximate surface area is 262 Å². The van der Waals surface area contributed by atoms with Crippen LogP contribution in [-0.2, 0) is 16.1 Å². The van der Waals surface area contributed by atoms with Crippen molar-refractivity contribution >= 4 is 18.2 Å². The molecule has 4 N–H and O–H groups in total. The lowest BCUT2D eigenvalue weighted by Gasteiger charge is -2.28. The summed E-state index contributed by atoms with van der Waals surface area (Å²) in [5.74, 6) is 1.36. The fourth-order valence-corrected chi connectivity index (χ4v) is 4.55. The van der Waals surface area contributed by atoms with Crippen molar-refractivity contribution in [1.82, 2.24) is 16.1 Å². The van der Waals surface area contributed by atoms with Crippen LogP contribution in [0.5, 0.6) is 23.0 Å². The molecule has 12 heteroatoms. The molecule has 0 fully saturated rings. The summed E-state index contributed by atoms with van der Waals surface area (Å²) in [5, 5.41) is 19.9. The van der Waals surface area contributed by atoms with E-state index in [1.807, 2.05) is 56.3 Å². The molecule has 12 nitrogen and oxygen atoms in total. The number of rotatable bonds is 15. The quantitative estimate of drug-likeness (QED) is 0.0852. The van der Waals surface area contributed by atoms with Crippen LogP contribution in [-0.4, -0.2) is 56.5 Å². The first-order valence-electron chi connectivity index (χ1n) is 14.5. The lowest BCUT2D eigenvalue weighted by atomic mass is 9.95. The van der Waals surface area contributed by atoms with E-state index < -0.39 is 24.3 Å². The number of aliphatic hydroxyl groups excluding tert-OH is 1. The Bertz CT molecular complexity index is 1530. The highest BCUT2D eigenvalue weighted by atomic mass is 16.5. The number of nitrogens with one attached hydrogen (secondary N) is 3. The fourth-order valence-electron chi connectivity index (χ4n) is 4.55. The van der Waals surface area contributed by atoms with Crippen molar-refractivity contribution in [2.24, 2.45) is 5.10 Å². The average molecular weight is 619 g/mol. The number of ether oxygens (including phenoxy) is 5. The zero-order chi connectivity index (χ0) is 32.2. The van der Waals surface area contributed by atoms with Crippen LogP contribution in [0.25, 0.3) is 0 Å². The van der Waals surface area contributed by atoms with E-state index >= 15 is 0 Å². The van der Waals surface area contributed by atoms with Crippen molar-refractivity contribution in [3.05, 3.63) is 94.7 Å². The zero-order valence-corrected chi connectivity index (χ0v) is 25.7. The van der Waals surface area contributed by atoms with Gasteiger partial charge in [0.05, 0.1) is 38.2 Å². The lowest BCUT2D eigenvalue weighted by Crippen LogP contribution is -2.45. The Hall–Kier alpha value is -5.23. The maximum atomic E-state index is 12.5. The summed E-state index contributed by atoms with van der Waals surface area (Å²) in [6.45, 7) is 6.41. The lowest BCUT2D eigenvalue weighted by molar-refractivity contribution is -0.136. The molecule has 1 aliphatic heterocycles. The number of nitrogens with zero attached hydrogens (tertiary/aromatic N) is 1. The van der Waals surface area contributed by atoms with Crippen LogP contribution in [0.3, 0.4) is 0 Å². The highest BCUT2D eigenvalue weighted by molar-refractivity contribution is 5.95. The van der Waals surface area contributed by atoms with Crippen molar-refractivity contribution in [2.75, 3.05) is 26.9 Å². The van der Waals surface area contributed by atoms with Crippen LogP contribution in [0.15, 0.2) is 83.1 Å². The van der Waals surface area contributed by atoms with Gasteiger partial charge in [-0.1, -0.05) is 36.4 Å². The maximum absolute atomic E-state index is 12.5. The van der Waals surface area contributed by atoms with Gasteiger partial charge in [0.15, 0.2) is 29.2 Å². The topological polar surface area (TPSA) is 149 Å². The molecule has 3 aromatic rings. The third-order valence-electron chi connectivity index (χ3n) is 6.61. The van der Waals surface area contributed by atoms with Gasteiger partial charge in [0.25, 0.3) is 0 Å². The van der Waals surface area contributed by atoms with E-state index in [4.69, 9.17) is 23.7 Å². The summed E-state index contributed by atoms with van der Waals surface area (Å²) >= 11 is 0. The fraction of sp³-hybridized carbons (Fsp3) is 0.303. The van der Waals surface area contributed by atoms with Gasteiger partial charge in [-0.2, -0.15) is 5.10 Å². The molecule has 0 unspecified atom stereocenters. The molecule has 4 rings (SSSR count). The first kappa shape index (κ1) is 32.7. The monoisotopic (exact) mass is 618 g/mol. The van der Waals surface area contributed by atoms with E-state index in [2.05, 4.69) is 21.2 Å². The highest BCUT2D eigenvalue weighted by Crippen LogP contribution is 2.35.